The summed E-state index contributed by atoms with van der Waals surface area (Å²) in [7, 11) is 0. The van der Waals surface area contributed by atoms with Gasteiger partial charge >= 0.3 is 5.76 Å². The van der Waals surface area contributed by atoms with Gasteiger partial charge in [-0.1, -0.05) is 32.0 Å². The maximum absolute atomic E-state index is 13.0. The van der Waals surface area contributed by atoms with Crippen LogP contribution in [0.3, 0.4) is 0 Å². The molecule has 2 aromatic carbocycles. The van der Waals surface area contributed by atoms with Gasteiger partial charge in [-0.15, -0.1) is 5.10 Å². The number of nitrogens with one attached hydrogen (secondary N) is 1. The number of carbonyl (C=O) groups is 1. The van der Waals surface area contributed by atoms with Crippen molar-refractivity contribution in [3.63, 3.8) is 0 Å². The molecular weight excluding hydrogens is 349 g/mol. The number of hydrogen-bond donors (Lipinski definition) is 1. The lowest BCUT2D eigenvalue weighted by molar-refractivity contribution is -0.117. The Bertz CT molecular complexity index is 1020. The number of nitrogens with zero attached hydrogens (tertiary/aromatic N) is 2. The van der Waals surface area contributed by atoms with Gasteiger partial charge in [-0.25, -0.2) is 9.18 Å². The van der Waals surface area contributed by atoms with Crippen molar-refractivity contribution in [2.45, 2.75) is 33.2 Å². The van der Waals surface area contributed by atoms with Crippen molar-refractivity contribution in [3.05, 3.63) is 70.0 Å². The number of carbonyl (C=O) groups excluding carboxylic acids is 1. The second-order valence-electron chi connectivity index (χ2n) is 6.58. The summed E-state index contributed by atoms with van der Waals surface area (Å²) in [5, 5.41) is 6.89. The van der Waals surface area contributed by atoms with E-state index in [9.17, 15) is 14.0 Å². The SMILES string of the molecule is Cc1cccc(C(C)C)c1NC(=O)Cn1nc(-c2ccc(F)cc2)oc1=O. The molecule has 0 atom stereocenters. The first kappa shape index (κ1) is 18.6. The molecule has 0 aliphatic carbocycles. The molecule has 7 heteroatoms. The molecule has 0 unspecified atom stereocenters. The average Bonchev–Trinajstić information content (AvgIpc) is 2.97. The summed E-state index contributed by atoms with van der Waals surface area (Å²) in [4.78, 5) is 24.4. The van der Waals surface area contributed by atoms with Crippen LogP contribution in [0.1, 0.15) is 30.9 Å². The second-order valence-corrected chi connectivity index (χ2v) is 6.58. The largest absolute Gasteiger partial charge is 0.437 e. The van der Waals surface area contributed by atoms with Gasteiger partial charge < -0.3 is 9.73 Å². The van der Waals surface area contributed by atoms with Crippen LogP contribution in [0.4, 0.5) is 10.1 Å². The number of halogens is 1. The molecular formula is C20H20FN3O3. The molecule has 0 bridgehead atoms. The molecule has 0 saturated carbocycles. The van der Waals surface area contributed by atoms with Crippen LogP contribution in [0.5, 0.6) is 0 Å². The third-order valence-electron chi connectivity index (χ3n) is 4.18. The van der Waals surface area contributed by atoms with Gasteiger partial charge in [0.05, 0.1) is 0 Å². The lowest BCUT2D eigenvalue weighted by atomic mass is 9.98. The summed E-state index contributed by atoms with van der Waals surface area (Å²) < 4.78 is 19.0. The van der Waals surface area contributed by atoms with Crippen molar-refractivity contribution >= 4 is 11.6 Å². The highest BCUT2D eigenvalue weighted by molar-refractivity contribution is 5.92. The molecule has 3 aromatic rings. The minimum absolute atomic E-state index is 0.0339. The van der Waals surface area contributed by atoms with Crippen LogP contribution in [0.15, 0.2) is 51.7 Å². The van der Waals surface area contributed by atoms with Crippen molar-refractivity contribution in [3.8, 4) is 11.5 Å². The Labute approximate surface area is 155 Å². The molecule has 0 aliphatic heterocycles. The highest BCUT2D eigenvalue weighted by Gasteiger charge is 2.16. The van der Waals surface area contributed by atoms with Crippen molar-refractivity contribution in [1.29, 1.82) is 0 Å². The van der Waals surface area contributed by atoms with E-state index in [0.717, 1.165) is 21.5 Å². The summed E-state index contributed by atoms with van der Waals surface area (Å²) in [6.45, 7) is 5.72. The fourth-order valence-corrected chi connectivity index (χ4v) is 2.77. The van der Waals surface area contributed by atoms with Crippen LogP contribution in [0.2, 0.25) is 0 Å². The van der Waals surface area contributed by atoms with E-state index in [-0.39, 0.29) is 24.3 Å². The Hall–Kier alpha value is -3.22. The van der Waals surface area contributed by atoms with Crippen molar-refractivity contribution < 1.29 is 13.6 Å². The molecule has 0 spiro atoms. The first-order chi connectivity index (χ1) is 12.8. The van der Waals surface area contributed by atoms with E-state index in [1.165, 1.54) is 24.3 Å². The lowest BCUT2D eigenvalue weighted by Crippen LogP contribution is -2.26. The molecule has 0 fully saturated rings. The number of benzene rings is 2. The van der Waals surface area contributed by atoms with Crippen LogP contribution in [-0.2, 0) is 11.3 Å². The number of anilines is 1. The maximum Gasteiger partial charge on any atom is 0.437 e. The van der Waals surface area contributed by atoms with E-state index in [2.05, 4.69) is 10.4 Å². The van der Waals surface area contributed by atoms with E-state index < -0.39 is 11.6 Å². The quantitative estimate of drug-likeness (QED) is 0.744. The highest BCUT2D eigenvalue weighted by Crippen LogP contribution is 2.27. The summed E-state index contributed by atoms with van der Waals surface area (Å²) in [5.41, 5.74) is 3.15. The number of aryl methyl sites for hydroxylation is 1. The normalized spacial score (nSPS) is 11.0. The molecule has 0 aliphatic rings. The average molecular weight is 369 g/mol. The van der Waals surface area contributed by atoms with Gasteiger partial charge in [0.15, 0.2) is 0 Å². The van der Waals surface area contributed by atoms with Gasteiger partial charge in [0.2, 0.25) is 11.8 Å². The Kier molecular flexibility index (Phi) is 5.21. The number of para-hydroxylation sites is 1. The monoisotopic (exact) mass is 369 g/mol. The maximum atomic E-state index is 13.0. The fourth-order valence-electron chi connectivity index (χ4n) is 2.77. The Balaban J connectivity index is 1.80. The first-order valence-electron chi connectivity index (χ1n) is 8.58. The van der Waals surface area contributed by atoms with Crippen molar-refractivity contribution in [2.24, 2.45) is 0 Å². The van der Waals surface area contributed by atoms with E-state index in [0.29, 0.717) is 5.56 Å². The summed E-state index contributed by atoms with van der Waals surface area (Å²) >= 11 is 0. The number of aromatic nitrogens is 2. The van der Waals surface area contributed by atoms with Gasteiger partial charge in [-0.3, -0.25) is 4.79 Å². The summed E-state index contributed by atoms with van der Waals surface area (Å²) in [5.74, 6) is -1.27. The molecule has 0 saturated heterocycles. The highest BCUT2D eigenvalue weighted by atomic mass is 19.1. The Morgan fingerprint density at radius 3 is 2.59 bits per heavy atom. The van der Waals surface area contributed by atoms with Crippen LogP contribution in [0, 0.1) is 12.7 Å². The van der Waals surface area contributed by atoms with E-state index in [4.69, 9.17) is 4.42 Å². The number of hydrogen-bond acceptors (Lipinski definition) is 4. The molecule has 1 amide bonds. The van der Waals surface area contributed by atoms with E-state index in [1.54, 1.807) is 0 Å². The van der Waals surface area contributed by atoms with Crippen LogP contribution < -0.4 is 11.1 Å². The molecule has 1 heterocycles. The Morgan fingerprint density at radius 1 is 1.22 bits per heavy atom. The first-order valence-corrected chi connectivity index (χ1v) is 8.58. The van der Waals surface area contributed by atoms with Crippen molar-refractivity contribution in [1.82, 2.24) is 9.78 Å². The topological polar surface area (TPSA) is 77.1 Å². The molecule has 140 valence electrons. The third kappa shape index (κ3) is 4.13. The molecule has 6 nitrogen and oxygen atoms in total. The minimum Gasteiger partial charge on any atom is -0.388 e. The minimum atomic E-state index is -0.752. The van der Waals surface area contributed by atoms with Gasteiger partial charge in [0.25, 0.3) is 0 Å². The van der Waals surface area contributed by atoms with E-state index >= 15 is 0 Å². The van der Waals surface area contributed by atoms with E-state index in [1.807, 2.05) is 39.0 Å². The molecule has 1 N–H and O–H groups in total. The summed E-state index contributed by atoms with van der Waals surface area (Å²) in [6.07, 6.45) is 0. The zero-order valence-electron chi connectivity index (χ0n) is 15.3. The second kappa shape index (κ2) is 7.57. The van der Waals surface area contributed by atoms with Crippen LogP contribution >= 0.6 is 0 Å². The zero-order valence-corrected chi connectivity index (χ0v) is 15.3. The lowest BCUT2D eigenvalue weighted by Gasteiger charge is -2.16. The number of rotatable bonds is 5. The molecule has 1 aromatic heterocycles. The predicted molar refractivity (Wildman–Crippen MR) is 100 cm³/mol. The van der Waals surface area contributed by atoms with Crippen LogP contribution in [-0.4, -0.2) is 15.7 Å². The molecule has 27 heavy (non-hydrogen) atoms. The zero-order chi connectivity index (χ0) is 19.6. The standard InChI is InChI=1S/C20H20FN3O3/c1-12(2)16-6-4-5-13(3)18(16)22-17(25)11-24-20(26)27-19(23-24)14-7-9-15(21)10-8-14/h4-10,12H,11H2,1-3H3,(H,22,25). The van der Waals surface area contributed by atoms with Gasteiger partial charge in [0, 0.05) is 11.3 Å². The van der Waals surface area contributed by atoms with Gasteiger partial charge in [-0.2, -0.15) is 4.68 Å². The fraction of sp³-hybridized carbons (Fsp3) is 0.250. The molecule has 3 rings (SSSR count). The predicted octanol–water partition coefficient (Wildman–Crippen LogP) is 3.71. The van der Waals surface area contributed by atoms with Crippen LogP contribution in [0.25, 0.3) is 11.5 Å². The van der Waals surface area contributed by atoms with Gasteiger partial charge in [0.1, 0.15) is 12.4 Å². The van der Waals surface area contributed by atoms with Crippen molar-refractivity contribution in [2.75, 3.05) is 5.32 Å². The Morgan fingerprint density at radius 2 is 1.93 bits per heavy atom. The van der Waals surface area contributed by atoms with Gasteiger partial charge in [-0.05, 0) is 48.2 Å². The number of amides is 1. The summed E-state index contributed by atoms with van der Waals surface area (Å²) in [6, 6.07) is 11.2. The smallest absolute Gasteiger partial charge is 0.388 e. The third-order valence-corrected chi connectivity index (χ3v) is 4.18. The molecule has 0 radical (unpaired) electrons.